The SMILES string of the molecule is CN(C)c1cc(C(=O)Nc2ccccc2)c(O)c2c1C[C@H]1C[C@H]3CC(O)=C(C(N)=O)C(=O)[C@@]3(O)C(O)=C1C2=O. The molecule has 0 aromatic heterocycles. The van der Waals surface area contributed by atoms with Gasteiger partial charge in [-0.05, 0) is 42.5 Å². The number of nitrogens with zero attached hydrogens (tertiary/aromatic N) is 1. The Morgan fingerprint density at radius 3 is 2.36 bits per heavy atom. The van der Waals surface area contributed by atoms with Crippen molar-refractivity contribution >= 4 is 34.8 Å². The van der Waals surface area contributed by atoms with Crippen LogP contribution in [-0.4, -0.2) is 63.5 Å². The molecule has 0 aliphatic heterocycles. The summed E-state index contributed by atoms with van der Waals surface area (Å²) in [4.78, 5) is 53.7. The van der Waals surface area contributed by atoms with Crippen LogP contribution in [0, 0.1) is 11.8 Å². The molecule has 0 saturated carbocycles. The van der Waals surface area contributed by atoms with Crippen molar-refractivity contribution in [3.63, 3.8) is 0 Å². The fourth-order valence-corrected chi connectivity index (χ4v) is 5.96. The molecule has 0 fully saturated rings. The Balaban J connectivity index is 1.66. The van der Waals surface area contributed by atoms with Crippen LogP contribution < -0.4 is 16.0 Å². The summed E-state index contributed by atoms with van der Waals surface area (Å²) in [6, 6.07) is 10.0. The van der Waals surface area contributed by atoms with Crippen LogP contribution in [0.25, 0.3) is 0 Å². The lowest BCUT2D eigenvalue weighted by molar-refractivity contribution is -0.144. The lowest BCUT2D eigenvalue weighted by Crippen LogP contribution is -2.57. The number of carbonyl (C=O) groups is 4. The van der Waals surface area contributed by atoms with Gasteiger partial charge in [0.15, 0.2) is 11.4 Å². The number of phenolic OH excluding ortho intramolecular Hbond substituents is 1. The number of hydrogen-bond acceptors (Lipinski definition) is 9. The summed E-state index contributed by atoms with van der Waals surface area (Å²) in [6.07, 6.45) is -0.150. The van der Waals surface area contributed by atoms with E-state index in [0.29, 0.717) is 16.9 Å². The molecule has 7 N–H and O–H groups in total. The number of rotatable bonds is 4. The van der Waals surface area contributed by atoms with Gasteiger partial charge in [-0.25, -0.2) is 0 Å². The van der Waals surface area contributed by atoms with E-state index in [1.165, 1.54) is 6.07 Å². The largest absolute Gasteiger partial charge is 0.511 e. The van der Waals surface area contributed by atoms with E-state index in [2.05, 4.69) is 5.32 Å². The van der Waals surface area contributed by atoms with Gasteiger partial charge < -0.3 is 36.4 Å². The van der Waals surface area contributed by atoms with Crippen molar-refractivity contribution in [3.8, 4) is 5.75 Å². The number of hydrogen-bond donors (Lipinski definition) is 6. The number of primary amides is 1. The number of amides is 2. The first-order valence-corrected chi connectivity index (χ1v) is 12.3. The molecular weight excluding hydrogens is 506 g/mol. The van der Waals surface area contributed by atoms with E-state index < -0.39 is 63.7 Å². The Labute approximate surface area is 222 Å². The van der Waals surface area contributed by atoms with Gasteiger partial charge in [-0.2, -0.15) is 0 Å². The molecule has 202 valence electrons. The molecule has 0 bridgehead atoms. The van der Waals surface area contributed by atoms with Crippen LogP contribution >= 0.6 is 0 Å². The van der Waals surface area contributed by atoms with Crippen LogP contribution in [0.4, 0.5) is 11.4 Å². The van der Waals surface area contributed by atoms with Crippen molar-refractivity contribution in [2.75, 3.05) is 24.3 Å². The Bertz CT molecular complexity index is 1520. The number of aliphatic hydroxyl groups is 3. The predicted molar refractivity (Wildman–Crippen MR) is 140 cm³/mol. The van der Waals surface area contributed by atoms with Gasteiger partial charge in [0.1, 0.15) is 22.8 Å². The zero-order valence-electron chi connectivity index (χ0n) is 21.2. The molecule has 0 heterocycles. The summed E-state index contributed by atoms with van der Waals surface area (Å²) in [5.41, 5.74) is 2.44. The first kappa shape index (κ1) is 26.0. The smallest absolute Gasteiger partial charge is 0.259 e. The lowest BCUT2D eigenvalue weighted by atomic mass is 9.60. The second-order valence-electron chi connectivity index (χ2n) is 10.3. The maximum absolute atomic E-state index is 13.9. The molecule has 3 aliphatic carbocycles. The van der Waals surface area contributed by atoms with E-state index in [1.807, 2.05) is 0 Å². The molecule has 0 saturated heterocycles. The summed E-state index contributed by atoms with van der Waals surface area (Å²) in [7, 11) is 3.43. The van der Waals surface area contributed by atoms with Gasteiger partial charge in [-0.15, -0.1) is 0 Å². The molecule has 3 atom stereocenters. The second kappa shape index (κ2) is 8.98. The topological polar surface area (TPSA) is 190 Å². The van der Waals surface area contributed by atoms with E-state index >= 15 is 0 Å². The highest BCUT2D eigenvalue weighted by atomic mass is 16.3. The normalized spacial score (nSPS) is 24.1. The Morgan fingerprint density at radius 1 is 1.08 bits per heavy atom. The van der Waals surface area contributed by atoms with Gasteiger partial charge in [-0.3, -0.25) is 19.2 Å². The lowest BCUT2D eigenvalue weighted by Gasteiger charge is -2.45. The van der Waals surface area contributed by atoms with Crippen LogP contribution in [0.15, 0.2) is 59.1 Å². The van der Waals surface area contributed by atoms with Crippen molar-refractivity contribution in [3.05, 3.63) is 75.8 Å². The molecule has 5 rings (SSSR count). The average Bonchev–Trinajstić information content (AvgIpc) is 2.86. The third kappa shape index (κ3) is 3.76. The summed E-state index contributed by atoms with van der Waals surface area (Å²) in [5.74, 6) is -7.92. The number of Topliss-reactive ketones (excluding diaryl/α,β-unsaturated/α-hetero) is 2. The van der Waals surface area contributed by atoms with Crippen molar-refractivity contribution < 1.29 is 39.6 Å². The summed E-state index contributed by atoms with van der Waals surface area (Å²) in [6.45, 7) is 0. The third-order valence-electron chi connectivity index (χ3n) is 7.80. The number of aromatic hydroxyl groups is 1. The van der Waals surface area contributed by atoms with E-state index in [4.69, 9.17) is 5.73 Å². The Kier molecular flexibility index (Phi) is 5.99. The van der Waals surface area contributed by atoms with Crippen molar-refractivity contribution in [1.29, 1.82) is 0 Å². The minimum Gasteiger partial charge on any atom is -0.511 e. The number of carbonyl (C=O) groups excluding carboxylic acids is 4. The number of benzene rings is 2. The summed E-state index contributed by atoms with van der Waals surface area (Å²) < 4.78 is 0. The van der Waals surface area contributed by atoms with Crippen LogP contribution in [0.5, 0.6) is 5.75 Å². The van der Waals surface area contributed by atoms with Crippen molar-refractivity contribution in [2.24, 2.45) is 17.6 Å². The standard InChI is InChI=1S/C28H27N3O8/c1-31(2)17-11-16(27(38)30-14-6-4-3-5-7-14)22(33)20-15(17)9-12-8-13-10-18(32)21(26(29)37)25(36)28(13,39)24(35)19(12)23(20)34/h3-7,11-13,32-33,35,39H,8-10H2,1-2H3,(H2,29,37)(H,30,38)/t12-,13+,28+/m1/s1. The summed E-state index contributed by atoms with van der Waals surface area (Å²) >= 11 is 0. The maximum Gasteiger partial charge on any atom is 0.259 e. The highest BCUT2D eigenvalue weighted by Crippen LogP contribution is 2.52. The predicted octanol–water partition coefficient (Wildman–Crippen LogP) is 1.90. The average molecular weight is 534 g/mol. The number of aliphatic hydroxyl groups excluding tert-OH is 2. The molecule has 2 aromatic rings. The minimum atomic E-state index is -2.65. The number of anilines is 2. The molecule has 2 aromatic carbocycles. The second-order valence-corrected chi connectivity index (χ2v) is 10.3. The molecule has 0 radical (unpaired) electrons. The van der Waals surface area contributed by atoms with Crippen LogP contribution in [0.3, 0.4) is 0 Å². The number of para-hydroxylation sites is 1. The van der Waals surface area contributed by atoms with Crippen molar-refractivity contribution in [1.82, 2.24) is 0 Å². The monoisotopic (exact) mass is 533 g/mol. The number of fused-ring (bicyclic) bond motifs is 3. The zero-order chi connectivity index (χ0) is 28.4. The van der Waals surface area contributed by atoms with E-state index in [-0.39, 0.29) is 36.0 Å². The Morgan fingerprint density at radius 2 is 1.74 bits per heavy atom. The van der Waals surface area contributed by atoms with Crippen molar-refractivity contribution in [2.45, 2.75) is 24.9 Å². The van der Waals surface area contributed by atoms with Crippen LogP contribution in [-0.2, 0) is 16.0 Å². The van der Waals surface area contributed by atoms with Gasteiger partial charge >= 0.3 is 0 Å². The molecule has 11 heteroatoms. The first-order valence-electron chi connectivity index (χ1n) is 12.3. The van der Waals surface area contributed by atoms with Gasteiger partial charge in [-0.1, -0.05) is 18.2 Å². The molecule has 39 heavy (non-hydrogen) atoms. The number of ketones is 2. The zero-order valence-corrected chi connectivity index (χ0v) is 21.2. The van der Waals surface area contributed by atoms with Gasteiger partial charge in [0.2, 0.25) is 5.78 Å². The fourth-order valence-electron chi connectivity index (χ4n) is 5.96. The number of nitrogens with two attached hydrogens (primary N) is 1. The first-order chi connectivity index (χ1) is 18.4. The number of phenols is 1. The molecule has 11 nitrogen and oxygen atoms in total. The number of allylic oxidation sites excluding steroid dienone is 2. The summed E-state index contributed by atoms with van der Waals surface area (Å²) in [5, 5.41) is 46.8. The highest BCUT2D eigenvalue weighted by Gasteiger charge is 2.59. The highest BCUT2D eigenvalue weighted by molar-refractivity contribution is 6.25. The van der Waals surface area contributed by atoms with E-state index in [1.54, 1.807) is 49.3 Å². The van der Waals surface area contributed by atoms with Gasteiger partial charge in [0.25, 0.3) is 11.8 Å². The molecule has 3 aliphatic rings. The van der Waals surface area contributed by atoms with Gasteiger partial charge in [0.05, 0.1) is 11.1 Å². The third-order valence-corrected chi connectivity index (χ3v) is 7.80. The van der Waals surface area contributed by atoms with E-state index in [9.17, 15) is 39.6 Å². The minimum absolute atomic E-state index is 0.0206. The molecule has 0 unspecified atom stereocenters. The van der Waals surface area contributed by atoms with Gasteiger partial charge in [0, 0.05) is 43.4 Å². The molecule has 0 spiro atoms. The maximum atomic E-state index is 13.9. The molecular formula is C28H27N3O8. The van der Waals surface area contributed by atoms with Crippen LogP contribution in [0.2, 0.25) is 0 Å². The molecule has 2 amide bonds. The van der Waals surface area contributed by atoms with E-state index in [0.717, 1.165) is 0 Å². The fraction of sp³-hybridized carbons (Fsp3) is 0.286. The number of nitrogens with one attached hydrogen (secondary N) is 1. The Hall–Kier alpha value is -4.64. The van der Waals surface area contributed by atoms with Crippen LogP contribution in [0.1, 0.15) is 39.1 Å². The quantitative estimate of drug-likeness (QED) is 0.319.